The van der Waals surface area contributed by atoms with E-state index in [1.165, 1.54) is 12.8 Å². The predicted molar refractivity (Wildman–Crippen MR) is 33.9 cm³/mol. The molecule has 2 aliphatic rings. The molecule has 2 fully saturated rings. The van der Waals surface area contributed by atoms with Crippen LogP contribution >= 0.6 is 0 Å². The zero-order chi connectivity index (χ0) is 6.27. The molecule has 0 spiro atoms. The third kappa shape index (κ3) is 0.934. The summed E-state index contributed by atoms with van der Waals surface area (Å²) in [5, 5.41) is 2.98. The average molecular weight is 125 g/mol. The van der Waals surface area contributed by atoms with E-state index in [9.17, 15) is 4.79 Å². The van der Waals surface area contributed by atoms with Gasteiger partial charge in [0.05, 0.1) is 0 Å². The van der Waals surface area contributed by atoms with Gasteiger partial charge in [0.25, 0.3) is 0 Å². The summed E-state index contributed by atoms with van der Waals surface area (Å²) in [6.45, 7) is 0. The Morgan fingerprint density at radius 3 is 3.33 bits per heavy atom. The molecule has 1 aliphatic carbocycles. The molecule has 1 amide bonds. The number of fused-ring (bicyclic) bond motifs is 1. The Hall–Kier alpha value is -0.530. The summed E-state index contributed by atoms with van der Waals surface area (Å²) >= 11 is 0. The maximum atomic E-state index is 10.8. The van der Waals surface area contributed by atoms with E-state index in [-0.39, 0.29) is 5.91 Å². The molecule has 1 aliphatic heterocycles. The molecule has 0 aromatic rings. The molecule has 50 valence electrons. The standard InChI is InChI=1S/C7H11NO/c9-7-3-1-2-5-4-6(5)8-7/h5-6H,1-4H2,(H,8,9). The third-order valence-electron chi connectivity index (χ3n) is 2.25. The van der Waals surface area contributed by atoms with E-state index in [4.69, 9.17) is 0 Å². The smallest absolute Gasteiger partial charge is 0.220 e. The molecule has 1 N–H and O–H groups in total. The Morgan fingerprint density at radius 2 is 2.44 bits per heavy atom. The fourth-order valence-electron chi connectivity index (χ4n) is 1.55. The summed E-state index contributed by atoms with van der Waals surface area (Å²) in [5.74, 6) is 1.11. The molecule has 2 heteroatoms. The van der Waals surface area contributed by atoms with Crippen molar-refractivity contribution in [2.75, 3.05) is 0 Å². The van der Waals surface area contributed by atoms with Crippen LogP contribution in [0.5, 0.6) is 0 Å². The first-order valence-electron chi connectivity index (χ1n) is 3.65. The van der Waals surface area contributed by atoms with Crippen molar-refractivity contribution >= 4 is 5.91 Å². The number of carbonyl (C=O) groups excluding carboxylic acids is 1. The van der Waals surface area contributed by atoms with Gasteiger partial charge in [0.1, 0.15) is 0 Å². The second kappa shape index (κ2) is 1.72. The van der Waals surface area contributed by atoms with Gasteiger partial charge in [-0.1, -0.05) is 0 Å². The van der Waals surface area contributed by atoms with Crippen LogP contribution in [0.15, 0.2) is 0 Å². The van der Waals surface area contributed by atoms with Crippen LogP contribution in [-0.2, 0) is 4.79 Å². The van der Waals surface area contributed by atoms with Crippen molar-refractivity contribution in [3.8, 4) is 0 Å². The second-order valence-corrected chi connectivity index (χ2v) is 3.06. The Kier molecular flexibility index (Phi) is 1.01. The number of amides is 1. The second-order valence-electron chi connectivity index (χ2n) is 3.06. The summed E-state index contributed by atoms with van der Waals surface area (Å²) in [7, 11) is 0. The largest absolute Gasteiger partial charge is 0.353 e. The van der Waals surface area contributed by atoms with Crippen molar-refractivity contribution in [3.05, 3.63) is 0 Å². The lowest BCUT2D eigenvalue weighted by atomic mass is 10.2. The molecule has 0 radical (unpaired) electrons. The summed E-state index contributed by atoms with van der Waals surface area (Å²) in [4.78, 5) is 10.8. The minimum Gasteiger partial charge on any atom is -0.353 e. The van der Waals surface area contributed by atoms with Crippen LogP contribution in [0.1, 0.15) is 25.7 Å². The fraction of sp³-hybridized carbons (Fsp3) is 0.857. The zero-order valence-electron chi connectivity index (χ0n) is 5.39. The van der Waals surface area contributed by atoms with Crippen LogP contribution in [0.4, 0.5) is 0 Å². The van der Waals surface area contributed by atoms with E-state index < -0.39 is 0 Å². The highest BCUT2D eigenvalue weighted by Crippen LogP contribution is 2.36. The van der Waals surface area contributed by atoms with Crippen molar-refractivity contribution in [1.82, 2.24) is 5.32 Å². The molecule has 2 rings (SSSR count). The zero-order valence-corrected chi connectivity index (χ0v) is 5.39. The summed E-state index contributed by atoms with van der Waals surface area (Å²) in [5.41, 5.74) is 0. The number of hydrogen-bond donors (Lipinski definition) is 1. The molecule has 9 heavy (non-hydrogen) atoms. The molecular weight excluding hydrogens is 114 g/mol. The van der Waals surface area contributed by atoms with Gasteiger partial charge in [0.15, 0.2) is 0 Å². The SMILES string of the molecule is O=C1CCCC2CC2N1. The van der Waals surface area contributed by atoms with Gasteiger partial charge < -0.3 is 5.32 Å². The molecule has 0 aromatic heterocycles. The van der Waals surface area contributed by atoms with E-state index in [2.05, 4.69) is 5.32 Å². The Morgan fingerprint density at radius 1 is 1.56 bits per heavy atom. The molecule has 2 unspecified atom stereocenters. The van der Waals surface area contributed by atoms with Crippen LogP contribution in [0.3, 0.4) is 0 Å². The lowest BCUT2D eigenvalue weighted by molar-refractivity contribution is -0.121. The van der Waals surface area contributed by atoms with E-state index in [1.54, 1.807) is 0 Å². The van der Waals surface area contributed by atoms with Gasteiger partial charge in [-0.2, -0.15) is 0 Å². The van der Waals surface area contributed by atoms with Crippen molar-refractivity contribution in [3.63, 3.8) is 0 Å². The van der Waals surface area contributed by atoms with Crippen LogP contribution in [-0.4, -0.2) is 11.9 Å². The highest BCUT2D eigenvalue weighted by Gasteiger charge is 2.39. The minimum atomic E-state index is 0.264. The average Bonchev–Trinajstić information content (AvgIpc) is 2.43. The maximum Gasteiger partial charge on any atom is 0.220 e. The monoisotopic (exact) mass is 125 g/mol. The summed E-state index contributed by atoms with van der Waals surface area (Å²) < 4.78 is 0. The highest BCUT2D eigenvalue weighted by molar-refractivity contribution is 5.77. The van der Waals surface area contributed by atoms with Crippen molar-refractivity contribution in [2.45, 2.75) is 31.7 Å². The van der Waals surface area contributed by atoms with Crippen LogP contribution in [0, 0.1) is 5.92 Å². The molecule has 2 atom stereocenters. The van der Waals surface area contributed by atoms with E-state index in [0.717, 1.165) is 18.8 Å². The summed E-state index contributed by atoms with van der Waals surface area (Å²) in [6, 6.07) is 0.569. The van der Waals surface area contributed by atoms with Crippen molar-refractivity contribution in [2.24, 2.45) is 5.92 Å². The Bertz CT molecular complexity index is 144. The van der Waals surface area contributed by atoms with Gasteiger partial charge in [0, 0.05) is 12.5 Å². The van der Waals surface area contributed by atoms with Crippen molar-refractivity contribution in [1.29, 1.82) is 0 Å². The summed E-state index contributed by atoms with van der Waals surface area (Å²) in [6.07, 6.45) is 4.37. The normalized spacial score (nSPS) is 40.7. The predicted octanol–water partition coefficient (Wildman–Crippen LogP) is 0.675. The van der Waals surface area contributed by atoms with Crippen LogP contribution < -0.4 is 5.32 Å². The van der Waals surface area contributed by atoms with Gasteiger partial charge in [-0.25, -0.2) is 0 Å². The molecule has 1 saturated heterocycles. The first-order chi connectivity index (χ1) is 4.36. The molecule has 1 heterocycles. The first kappa shape index (κ1) is 5.27. The van der Waals surface area contributed by atoms with Gasteiger partial charge in [0.2, 0.25) is 5.91 Å². The Labute approximate surface area is 54.6 Å². The molecule has 0 bridgehead atoms. The first-order valence-corrected chi connectivity index (χ1v) is 3.65. The third-order valence-corrected chi connectivity index (χ3v) is 2.25. The van der Waals surface area contributed by atoms with E-state index in [0.29, 0.717) is 6.04 Å². The number of nitrogens with one attached hydrogen (secondary N) is 1. The highest BCUT2D eigenvalue weighted by atomic mass is 16.1. The lowest BCUT2D eigenvalue weighted by Gasteiger charge is -1.96. The number of rotatable bonds is 0. The topological polar surface area (TPSA) is 29.1 Å². The number of carbonyl (C=O) groups is 1. The maximum absolute atomic E-state index is 10.8. The van der Waals surface area contributed by atoms with E-state index >= 15 is 0 Å². The van der Waals surface area contributed by atoms with Gasteiger partial charge in [-0.15, -0.1) is 0 Å². The number of hydrogen-bond acceptors (Lipinski definition) is 1. The molecule has 1 saturated carbocycles. The molecule has 2 nitrogen and oxygen atoms in total. The fourth-order valence-corrected chi connectivity index (χ4v) is 1.55. The van der Waals surface area contributed by atoms with Gasteiger partial charge >= 0.3 is 0 Å². The van der Waals surface area contributed by atoms with E-state index in [1.807, 2.05) is 0 Å². The van der Waals surface area contributed by atoms with Crippen LogP contribution in [0.25, 0.3) is 0 Å². The van der Waals surface area contributed by atoms with Gasteiger partial charge in [-0.05, 0) is 25.2 Å². The lowest BCUT2D eigenvalue weighted by Crippen LogP contribution is -2.24. The molecular formula is C7H11NO. The van der Waals surface area contributed by atoms with Gasteiger partial charge in [-0.3, -0.25) is 4.79 Å². The quantitative estimate of drug-likeness (QED) is 0.506. The van der Waals surface area contributed by atoms with Crippen molar-refractivity contribution < 1.29 is 4.79 Å². The minimum absolute atomic E-state index is 0.264. The molecule has 0 aromatic carbocycles. The Balaban J connectivity index is 1.99. The van der Waals surface area contributed by atoms with Crippen LogP contribution in [0.2, 0.25) is 0 Å².